The second-order valence-corrected chi connectivity index (χ2v) is 11.8. The minimum atomic E-state index is -0.352. The van der Waals surface area contributed by atoms with Gasteiger partial charge in [-0.05, 0) is 73.6 Å². The molecule has 8 nitrogen and oxygen atoms in total. The number of anilines is 3. The largest absolute Gasteiger partial charge is 0.369 e. The Balaban J connectivity index is 1.26. The summed E-state index contributed by atoms with van der Waals surface area (Å²) < 4.78 is 1.92. The van der Waals surface area contributed by atoms with Crippen LogP contribution in [0.2, 0.25) is 0 Å². The predicted octanol–water partition coefficient (Wildman–Crippen LogP) is 5.74. The maximum atomic E-state index is 13.2. The van der Waals surface area contributed by atoms with Crippen LogP contribution >= 0.6 is 0 Å². The van der Waals surface area contributed by atoms with Crippen LogP contribution in [0.25, 0.3) is 0 Å². The summed E-state index contributed by atoms with van der Waals surface area (Å²) in [6.45, 7) is 4.31. The van der Waals surface area contributed by atoms with Crippen molar-refractivity contribution < 1.29 is 9.59 Å². The third-order valence-corrected chi connectivity index (χ3v) is 8.89. The fraction of sp³-hybridized carbons (Fsp3) is 0.424. The molecule has 2 atom stereocenters. The van der Waals surface area contributed by atoms with Crippen molar-refractivity contribution in [2.75, 3.05) is 28.6 Å². The van der Waals surface area contributed by atoms with Crippen LogP contribution in [-0.4, -0.2) is 35.6 Å². The first kappa shape index (κ1) is 27.1. The Labute approximate surface area is 241 Å². The lowest BCUT2D eigenvalue weighted by Crippen LogP contribution is -2.47. The van der Waals surface area contributed by atoms with E-state index in [1.165, 1.54) is 12.0 Å². The van der Waals surface area contributed by atoms with Gasteiger partial charge in [-0.2, -0.15) is 0 Å². The number of nitrogens with one attached hydrogen (secondary N) is 3. The zero-order chi connectivity index (χ0) is 28.3. The molecule has 2 aromatic carbocycles. The molecule has 0 spiro atoms. The quantitative estimate of drug-likeness (QED) is 0.363. The summed E-state index contributed by atoms with van der Waals surface area (Å²) in [7, 11) is 0. The molecule has 2 aliphatic heterocycles. The molecular formula is C33H39N5O3. The molecule has 2 bridgehead atoms. The Kier molecular flexibility index (Phi) is 7.81. The van der Waals surface area contributed by atoms with E-state index in [0.717, 1.165) is 63.0 Å². The number of amides is 3. The number of urea groups is 1. The van der Waals surface area contributed by atoms with Crippen LogP contribution < -0.4 is 26.4 Å². The minimum absolute atomic E-state index is 0.0602. The smallest absolute Gasteiger partial charge is 0.323 e. The van der Waals surface area contributed by atoms with Gasteiger partial charge in [0.25, 0.3) is 11.5 Å². The molecule has 3 amide bonds. The fourth-order valence-corrected chi connectivity index (χ4v) is 6.77. The summed E-state index contributed by atoms with van der Waals surface area (Å²) in [6, 6.07) is 18.8. The monoisotopic (exact) mass is 553 g/mol. The van der Waals surface area contributed by atoms with Crippen molar-refractivity contribution >= 4 is 29.0 Å². The molecular weight excluding hydrogens is 514 g/mol. The third-order valence-electron chi connectivity index (χ3n) is 8.89. The van der Waals surface area contributed by atoms with Gasteiger partial charge < -0.3 is 25.4 Å². The van der Waals surface area contributed by atoms with Gasteiger partial charge in [0.15, 0.2) is 0 Å². The maximum Gasteiger partial charge on any atom is 0.323 e. The van der Waals surface area contributed by atoms with E-state index in [-0.39, 0.29) is 29.5 Å². The van der Waals surface area contributed by atoms with Crippen LogP contribution in [0, 0.1) is 5.92 Å². The molecule has 0 radical (unpaired) electrons. The highest BCUT2D eigenvalue weighted by atomic mass is 16.2. The number of hydrogen-bond acceptors (Lipinski definition) is 4. The van der Waals surface area contributed by atoms with Crippen molar-refractivity contribution in [1.29, 1.82) is 0 Å². The molecule has 3 N–H and O–H groups in total. The number of carbonyl (C=O) groups is 2. The van der Waals surface area contributed by atoms with E-state index < -0.39 is 0 Å². The summed E-state index contributed by atoms with van der Waals surface area (Å²) in [5, 5.41) is 9.19. The van der Waals surface area contributed by atoms with Crippen molar-refractivity contribution in [3.63, 3.8) is 0 Å². The number of fused-ring (bicyclic) bond motifs is 4. The Morgan fingerprint density at radius 1 is 0.902 bits per heavy atom. The van der Waals surface area contributed by atoms with Gasteiger partial charge in [-0.25, -0.2) is 4.79 Å². The van der Waals surface area contributed by atoms with Crippen LogP contribution in [0.1, 0.15) is 73.0 Å². The summed E-state index contributed by atoms with van der Waals surface area (Å²) in [5.74, 6) is 0.449. The van der Waals surface area contributed by atoms with E-state index in [1.54, 1.807) is 12.1 Å². The highest BCUT2D eigenvalue weighted by Crippen LogP contribution is 2.39. The molecule has 1 aromatic heterocycles. The summed E-state index contributed by atoms with van der Waals surface area (Å²) >= 11 is 0. The van der Waals surface area contributed by atoms with Gasteiger partial charge in [-0.3, -0.25) is 9.59 Å². The van der Waals surface area contributed by atoms with Crippen molar-refractivity contribution in [3.05, 3.63) is 87.8 Å². The van der Waals surface area contributed by atoms with Gasteiger partial charge in [-0.15, -0.1) is 0 Å². The van der Waals surface area contributed by atoms with Gasteiger partial charge in [0.2, 0.25) is 0 Å². The maximum absolute atomic E-state index is 13.2. The average Bonchev–Trinajstić information content (AvgIpc) is 2.98. The first-order valence-electron chi connectivity index (χ1n) is 15.0. The van der Waals surface area contributed by atoms with Gasteiger partial charge >= 0.3 is 6.03 Å². The van der Waals surface area contributed by atoms with E-state index in [0.29, 0.717) is 29.4 Å². The number of nitrogens with zero attached hydrogens (tertiary/aromatic N) is 2. The Morgan fingerprint density at radius 2 is 1.71 bits per heavy atom. The van der Waals surface area contributed by atoms with Gasteiger partial charge in [0.05, 0.1) is 11.4 Å². The lowest BCUT2D eigenvalue weighted by atomic mass is 9.83. The number of benzene rings is 2. The van der Waals surface area contributed by atoms with Crippen LogP contribution in [0.15, 0.2) is 65.5 Å². The molecule has 3 heterocycles. The third kappa shape index (κ3) is 6.01. The van der Waals surface area contributed by atoms with Crippen molar-refractivity contribution in [2.24, 2.45) is 5.92 Å². The van der Waals surface area contributed by atoms with Crippen LogP contribution in [0.4, 0.5) is 21.9 Å². The topological polar surface area (TPSA) is 95.5 Å². The van der Waals surface area contributed by atoms with E-state index >= 15 is 0 Å². The van der Waals surface area contributed by atoms with Crippen molar-refractivity contribution in [2.45, 2.75) is 70.4 Å². The van der Waals surface area contributed by atoms with Crippen molar-refractivity contribution in [3.8, 4) is 0 Å². The number of carbonyl (C=O) groups excluding carboxylic acids is 2. The number of aryl methyl sites for hydroxylation is 1. The van der Waals surface area contributed by atoms with Gasteiger partial charge in [-0.1, -0.05) is 44.4 Å². The van der Waals surface area contributed by atoms with Gasteiger partial charge in [0.1, 0.15) is 0 Å². The summed E-state index contributed by atoms with van der Waals surface area (Å²) in [6.07, 6.45) is 7.50. The standard InChI is InChI=1S/C33H39N5O3/c1-2-22-11-14-27(15-12-22)35-33(41)36-28-18-24(32(40)34-26-7-4-3-5-8-26)13-16-30(28)37-19-23-17-25(21-37)29-9-6-10-31(39)38(29)20-23/h6,9-16,18,23,25-26H,2-5,7-8,17,19-21H2,1H3,(H,34,40)(H2,35,36,41). The highest BCUT2D eigenvalue weighted by Gasteiger charge is 2.35. The Morgan fingerprint density at radius 3 is 2.49 bits per heavy atom. The number of aromatic nitrogens is 1. The molecule has 1 saturated carbocycles. The molecule has 2 unspecified atom stereocenters. The molecule has 41 heavy (non-hydrogen) atoms. The number of pyridine rings is 1. The molecule has 8 heteroatoms. The Hall–Kier alpha value is -4.07. The molecule has 6 rings (SSSR count). The van der Waals surface area contributed by atoms with E-state index in [9.17, 15) is 14.4 Å². The minimum Gasteiger partial charge on any atom is -0.369 e. The first-order chi connectivity index (χ1) is 20.0. The lowest BCUT2D eigenvalue weighted by Gasteiger charge is -2.44. The Bertz CT molecular complexity index is 1470. The molecule has 3 aliphatic rings. The second-order valence-electron chi connectivity index (χ2n) is 11.8. The molecule has 2 fully saturated rings. The molecule has 1 saturated heterocycles. The van der Waals surface area contributed by atoms with E-state index in [1.807, 2.05) is 47.0 Å². The van der Waals surface area contributed by atoms with Crippen molar-refractivity contribution in [1.82, 2.24) is 9.88 Å². The fourth-order valence-electron chi connectivity index (χ4n) is 6.77. The zero-order valence-electron chi connectivity index (χ0n) is 23.7. The van der Waals surface area contributed by atoms with Crippen LogP contribution in [0.3, 0.4) is 0 Å². The summed E-state index contributed by atoms with van der Waals surface area (Å²) in [4.78, 5) is 41.2. The SMILES string of the molecule is CCc1ccc(NC(=O)Nc2cc(C(=O)NC3CCCCC3)ccc2N2CC3CC(C2)c2cccc(=O)n2C3)cc1. The average molecular weight is 554 g/mol. The number of rotatable bonds is 6. The van der Waals surface area contributed by atoms with Crippen LogP contribution in [-0.2, 0) is 13.0 Å². The highest BCUT2D eigenvalue weighted by molar-refractivity contribution is 6.04. The normalized spacial score (nSPS) is 20.2. The first-order valence-corrected chi connectivity index (χ1v) is 15.0. The lowest BCUT2D eigenvalue weighted by molar-refractivity contribution is 0.0927. The van der Waals surface area contributed by atoms with E-state index in [4.69, 9.17) is 0 Å². The molecule has 214 valence electrons. The number of hydrogen-bond donors (Lipinski definition) is 3. The predicted molar refractivity (Wildman–Crippen MR) is 163 cm³/mol. The second kappa shape index (κ2) is 11.8. The zero-order valence-corrected chi connectivity index (χ0v) is 23.7. The van der Waals surface area contributed by atoms with Crippen LogP contribution in [0.5, 0.6) is 0 Å². The van der Waals surface area contributed by atoms with E-state index in [2.05, 4.69) is 33.8 Å². The molecule has 1 aliphatic carbocycles. The number of piperidine rings is 1. The van der Waals surface area contributed by atoms with Gasteiger partial charge in [0, 0.05) is 54.6 Å². The molecule has 3 aromatic rings. The summed E-state index contributed by atoms with van der Waals surface area (Å²) in [5.41, 5.74) is 5.08.